The van der Waals surface area contributed by atoms with E-state index in [0.717, 1.165) is 30.0 Å². The van der Waals surface area contributed by atoms with Crippen molar-refractivity contribution < 1.29 is 4.79 Å². The predicted octanol–water partition coefficient (Wildman–Crippen LogP) is 2.68. The average Bonchev–Trinajstić information content (AvgIpc) is 2.97. The van der Waals surface area contributed by atoms with Gasteiger partial charge in [-0.2, -0.15) is 0 Å². The van der Waals surface area contributed by atoms with Crippen LogP contribution in [0.5, 0.6) is 0 Å². The minimum absolute atomic E-state index is 0.0985. The first-order valence-electron chi connectivity index (χ1n) is 7.29. The van der Waals surface area contributed by atoms with Crippen LogP contribution in [0.15, 0.2) is 42.5 Å². The van der Waals surface area contributed by atoms with Crippen LogP contribution >= 0.6 is 0 Å². The smallest absolute Gasteiger partial charge is 0.254 e. The van der Waals surface area contributed by atoms with E-state index >= 15 is 0 Å². The summed E-state index contributed by atoms with van der Waals surface area (Å²) in [5, 5.41) is 6.66. The monoisotopic (exact) mass is 279 g/mol. The van der Waals surface area contributed by atoms with E-state index in [-0.39, 0.29) is 5.91 Å². The van der Waals surface area contributed by atoms with Gasteiger partial charge in [0.2, 0.25) is 0 Å². The number of nitrogens with one attached hydrogen (secondary N) is 2. The van der Waals surface area contributed by atoms with Crippen LogP contribution in [-0.4, -0.2) is 23.9 Å². The molecule has 0 unspecified atom stereocenters. The number of anilines is 2. The van der Waals surface area contributed by atoms with Crippen LogP contribution in [0, 0.1) is 0 Å². The molecule has 0 atom stereocenters. The summed E-state index contributed by atoms with van der Waals surface area (Å²) in [5.74, 6) is 0.0985. The van der Waals surface area contributed by atoms with Crippen molar-refractivity contribution in [1.82, 2.24) is 4.90 Å². The Bertz CT molecular complexity index is 686. The Labute approximate surface area is 123 Å². The molecule has 0 radical (unpaired) electrons. The fourth-order valence-electron chi connectivity index (χ4n) is 3.03. The van der Waals surface area contributed by atoms with Crippen molar-refractivity contribution in [3.8, 4) is 0 Å². The van der Waals surface area contributed by atoms with Gasteiger partial charge in [0, 0.05) is 31.7 Å². The summed E-state index contributed by atoms with van der Waals surface area (Å²) >= 11 is 0. The highest BCUT2D eigenvalue weighted by Gasteiger charge is 2.24. The molecule has 2 aliphatic heterocycles. The molecule has 0 aliphatic carbocycles. The summed E-state index contributed by atoms with van der Waals surface area (Å²) in [7, 11) is 0. The summed E-state index contributed by atoms with van der Waals surface area (Å²) in [4.78, 5) is 14.6. The van der Waals surface area contributed by atoms with Crippen molar-refractivity contribution >= 4 is 17.3 Å². The van der Waals surface area contributed by atoms with Crippen LogP contribution in [-0.2, 0) is 13.1 Å². The van der Waals surface area contributed by atoms with Crippen LogP contribution in [0.3, 0.4) is 0 Å². The Hall–Kier alpha value is -2.49. The maximum Gasteiger partial charge on any atom is 0.254 e. The van der Waals surface area contributed by atoms with Gasteiger partial charge >= 0.3 is 0 Å². The Morgan fingerprint density at radius 2 is 1.57 bits per heavy atom. The van der Waals surface area contributed by atoms with Crippen LogP contribution < -0.4 is 10.6 Å². The van der Waals surface area contributed by atoms with Gasteiger partial charge in [-0.05, 0) is 29.3 Å². The van der Waals surface area contributed by atoms with Gasteiger partial charge in [-0.25, -0.2) is 0 Å². The second-order valence-corrected chi connectivity index (χ2v) is 5.54. The minimum Gasteiger partial charge on any atom is -0.382 e. The molecule has 2 aromatic rings. The number of nitrogens with zero attached hydrogens (tertiary/aromatic N) is 1. The average molecular weight is 279 g/mol. The van der Waals surface area contributed by atoms with Crippen molar-refractivity contribution in [3.63, 3.8) is 0 Å². The minimum atomic E-state index is 0.0985. The first-order valence-corrected chi connectivity index (χ1v) is 7.29. The van der Waals surface area contributed by atoms with E-state index < -0.39 is 0 Å². The number of hydrogen-bond acceptors (Lipinski definition) is 3. The summed E-state index contributed by atoms with van der Waals surface area (Å²) < 4.78 is 0. The van der Waals surface area contributed by atoms with Gasteiger partial charge in [-0.3, -0.25) is 4.79 Å². The lowest BCUT2D eigenvalue weighted by Gasteiger charge is -2.22. The fraction of sp³-hybridized carbons (Fsp3) is 0.235. The first-order chi connectivity index (χ1) is 10.3. The third-order valence-electron chi connectivity index (χ3n) is 4.15. The normalized spacial score (nSPS) is 15.7. The van der Waals surface area contributed by atoms with Crippen molar-refractivity contribution in [2.24, 2.45) is 0 Å². The largest absolute Gasteiger partial charge is 0.382 e. The molecule has 0 saturated heterocycles. The molecule has 0 fully saturated rings. The highest BCUT2D eigenvalue weighted by molar-refractivity contribution is 5.96. The van der Waals surface area contributed by atoms with Crippen molar-refractivity contribution in [3.05, 3.63) is 59.2 Å². The quantitative estimate of drug-likeness (QED) is 0.843. The Morgan fingerprint density at radius 1 is 0.905 bits per heavy atom. The van der Waals surface area contributed by atoms with Gasteiger partial charge in [0.15, 0.2) is 0 Å². The molecule has 0 saturated carbocycles. The zero-order valence-corrected chi connectivity index (χ0v) is 11.7. The van der Waals surface area contributed by atoms with Crippen molar-refractivity contribution in [1.29, 1.82) is 0 Å². The molecule has 2 aromatic carbocycles. The maximum atomic E-state index is 12.7. The zero-order chi connectivity index (χ0) is 14.2. The number of rotatable bonds is 1. The lowest BCUT2D eigenvalue weighted by atomic mass is 10.1. The van der Waals surface area contributed by atoms with Gasteiger partial charge in [0.25, 0.3) is 5.91 Å². The molecule has 1 amide bonds. The third kappa shape index (κ3) is 2.13. The first kappa shape index (κ1) is 12.3. The van der Waals surface area contributed by atoms with E-state index in [1.165, 1.54) is 11.1 Å². The van der Waals surface area contributed by atoms with Crippen molar-refractivity contribution in [2.75, 3.05) is 23.7 Å². The highest BCUT2D eigenvalue weighted by atomic mass is 16.2. The number of benzene rings is 2. The maximum absolute atomic E-state index is 12.7. The van der Waals surface area contributed by atoms with E-state index in [1.54, 1.807) is 0 Å². The van der Waals surface area contributed by atoms with E-state index in [0.29, 0.717) is 13.1 Å². The molecule has 106 valence electrons. The molecule has 0 bridgehead atoms. The van der Waals surface area contributed by atoms with E-state index in [4.69, 9.17) is 0 Å². The van der Waals surface area contributed by atoms with Gasteiger partial charge in [0.05, 0.1) is 11.4 Å². The number of carbonyl (C=O) groups is 1. The van der Waals surface area contributed by atoms with Crippen LogP contribution in [0.2, 0.25) is 0 Å². The molecule has 2 N–H and O–H groups in total. The van der Waals surface area contributed by atoms with E-state index in [9.17, 15) is 4.79 Å². The summed E-state index contributed by atoms with van der Waals surface area (Å²) in [6, 6.07) is 14.1. The second-order valence-electron chi connectivity index (χ2n) is 5.54. The molecule has 0 aromatic heterocycles. The van der Waals surface area contributed by atoms with E-state index in [1.807, 2.05) is 35.2 Å². The number of carbonyl (C=O) groups excluding carboxylic acids is 1. The molecule has 2 aliphatic rings. The number of hydrogen-bond donors (Lipinski definition) is 2. The van der Waals surface area contributed by atoms with Crippen LogP contribution in [0.4, 0.5) is 11.4 Å². The SMILES string of the molecule is O=C(c1ccc2c(c1)NCCN2)N1Cc2ccccc2C1. The molecule has 4 heteroatoms. The predicted molar refractivity (Wildman–Crippen MR) is 83.4 cm³/mol. The van der Waals surface area contributed by atoms with Gasteiger partial charge in [-0.1, -0.05) is 24.3 Å². The molecule has 4 nitrogen and oxygen atoms in total. The summed E-state index contributed by atoms with van der Waals surface area (Å²) in [6.45, 7) is 3.22. The fourth-order valence-corrected chi connectivity index (χ4v) is 3.03. The Balaban J connectivity index is 1.59. The van der Waals surface area contributed by atoms with Crippen LogP contribution in [0.25, 0.3) is 0 Å². The zero-order valence-electron chi connectivity index (χ0n) is 11.7. The Kier molecular flexibility index (Phi) is 2.81. The highest BCUT2D eigenvalue weighted by Crippen LogP contribution is 2.28. The molecular formula is C17H17N3O. The van der Waals surface area contributed by atoms with Crippen LogP contribution in [0.1, 0.15) is 21.5 Å². The topological polar surface area (TPSA) is 44.4 Å². The molecule has 21 heavy (non-hydrogen) atoms. The molecular weight excluding hydrogens is 262 g/mol. The second kappa shape index (κ2) is 4.81. The molecule has 2 heterocycles. The van der Waals surface area contributed by atoms with Gasteiger partial charge in [-0.15, -0.1) is 0 Å². The van der Waals surface area contributed by atoms with E-state index in [2.05, 4.69) is 22.8 Å². The molecule has 4 rings (SSSR count). The third-order valence-corrected chi connectivity index (χ3v) is 4.15. The standard InChI is InChI=1S/C17H17N3O/c21-17(20-10-13-3-1-2-4-14(13)11-20)12-5-6-15-16(9-12)19-8-7-18-15/h1-6,9,18-19H,7-8,10-11H2. The lowest BCUT2D eigenvalue weighted by Crippen LogP contribution is -2.26. The summed E-state index contributed by atoms with van der Waals surface area (Å²) in [6.07, 6.45) is 0. The summed E-state index contributed by atoms with van der Waals surface area (Å²) in [5.41, 5.74) is 5.34. The van der Waals surface area contributed by atoms with Gasteiger partial charge < -0.3 is 15.5 Å². The lowest BCUT2D eigenvalue weighted by molar-refractivity contribution is 0.0751. The van der Waals surface area contributed by atoms with Crippen molar-refractivity contribution in [2.45, 2.75) is 13.1 Å². The number of fused-ring (bicyclic) bond motifs is 2. The van der Waals surface area contributed by atoms with Gasteiger partial charge in [0.1, 0.15) is 0 Å². The number of amides is 1. The Morgan fingerprint density at radius 3 is 2.29 bits per heavy atom. The molecule has 0 spiro atoms.